The number of urea groups is 1. The molecule has 2 aromatic rings. The predicted octanol–water partition coefficient (Wildman–Crippen LogP) is 4.12. The molecular formula is C18H20N2O3. The average Bonchev–Trinajstić information content (AvgIpc) is 2.46. The number of aryl methyl sites for hydroxylation is 2. The fourth-order valence-electron chi connectivity index (χ4n) is 2.31. The van der Waals surface area contributed by atoms with Crippen LogP contribution in [0.3, 0.4) is 0 Å². The van der Waals surface area contributed by atoms with E-state index in [1.54, 1.807) is 31.2 Å². The first kappa shape index (κ1) is 16.5. The van der Waals surface area contributed by atoms with E-state index in [0.717, 1.165) is 11.1 Å². The Morgan fingerprint density at radius 2 is 1.65 bits per heavy atom. The van der Waals surface area contributed by atoms with Gasteiger partial charge in [-0.25, -0.2) is 9.59 Å². The summed E-state index contributed by atoms with van der Waals surface area (Å²) < 4.78 is 4.99. The highest BCUT2D eigenvalue weighted by Crippen LogP contribution is 2.18. The monoisotopic (exact) mass is 312 g/mol. The lowest BCUT2D eigenvalue weighted by Gasteiger charge is -2.12. The minimum absolute atomic E-state index is 0.280. The van der Waals surface area contributed by atoms with Crippen molar-refractivity contribution in [1.82, 2.24) is 0 Å². The molecule has 2 aromatic carbocycles. The van der Waals surface area contributed by atoms with Gasteiger partial charge in [-0.05, 0) is 56.2 Å². The fourth-order valence-corrected chi connectivity index (χ4v) is 2.31. The number of hydrogen-bond donors (Lipinski definition) is 2. The van der Waals surface area contributed by atoms with Crippen LogP contribution >= 0.6 is 0 Å². The van der Waals surface area contributed by atoms with Crippen LogP contribution in [-0.2, 0) is 4.74 Å². The Balaban J connectivity index is 2.13. The molecule has 0 bridgehead atoms. The Labute approximate surface area is 135 Å². The van der Waals surface area contributed by atoms with Crippen LogP contribution in [0.15, 0.2) is 42.5 Å². The Hall–Kier alpha value is -2.82. The van der Waals surface area contributed by atoms with Crippen LogP contribution < -0.4 is 10.6 Å². The number of nitrogens with one attached hydrogen (secondary N) is 2. The van der Waals surface area contributed by atoms with E-state index in [9.17, 15) is 9.59 Å². The quantitative estimate of drug-likeness (QED) is 0.834. The molecule has 0 saturated heterocycles. The standard InChI is InChI=1S/C18H20N2O3/c1-4-23-17(21)15-7-5-6-8-16(15)20-18(22)19-14-10-12(2)9-13(3)11-14/h5-11H,4H2,1-3H3,(H2,19,20,22). The first-order valence-electron chi connectivity index (χ1n) is 7.42. The van der Waals surface area contributed by atoms with Crippen LogP contribution in [0.2, 0.25) is 0 Å². The van der Waals surface area contributed by atoms with Gasteiger partial charge in [0.2, 0.25) is 0 Å². The molecule has 0 aliphatic rings. The Bertz CT molecular complexity index is 706. The maximum absolute atomic E-state index is 12.2. The topological polar surface area (TPSA) is 67.4 Å². The third kappa shape index (κ3) is 4.57. The molecule has 0 radical (unpaired) electrons. The van der Waals surface area contributed by atoms with Gasteiger partial charge in [0.15, 0.2) is 0 Å². The van der Waals surface area contributed by atoms with Gasteiger partial charge in [-0.2, -0.15) is 0 Å². The summed E-state index contributed by atoms with van der Waals surface area (Å²) in [5.41, 5.74) is 3.56. The van der Waals surface area contributed by atoms with Crippen LogP contribution in [0.1, 0.15) is 28.4 Å². The van der Waals surface area contributed by atoms with Crippen molar-refractivity contribution in [3.63, 3.8) is 0 Å². The SMILES string of the molecule is CCOC(=O)c1ccccc1NC(=O)Nc1cc(C)cc(C)c1. The van der Waals surface area contributed by atoms with Crippen molar-refractivity contribution in [3.05, 3.63) is 59.2 Å². The fraction of sp³-hybridized carbons (Fsp3) is 0.222. The molecular weight excluding hydrogens is 292 g/mol. The second-order valence-corrected chi connectivity index (χ2v) is 5.22. The minimum Gasteiger partial charge on any atom is -0.462 e. The largest absolute Gasteiger partial charge is 0.462 e. The molecule has 0 spiro atoms. The average molecular weight is 312 g/mol. The molecule has 2 amide bonds. The maximum atomic E-state index is 12.2. The number of amides is 2. The highest BCUT2D eigenvalue weighted by molar-refractivity contribution is 6.05. The maximum Gasteiger partial charge on any atom is 0.340 e. The molecule has 0 atom stereocenters. The first-order chi connectivity index (χ1) is 11.0. The highest BCUT2D eigenvalue weighted by Gasteiger charge is 2.14. The lowest BCUT2D eigenvalue weighted by molar-refractivity contribution is 0.0527. The van der Waals surface area contributed by atoms with Crippen LogP contribution in [0.4, 0.5) is 16.2 Å². The Morgan fingerprint density at radius 1 is 1.00 bits per heavy atom. The summed E-state index contributed by atoms with van der Waals surface area (Å²) >= 11 is 0. The molecule has 0 fully saturated rings. The predicted molar refractivity (Wildman–Crippen MR) is 91.0 cm³/mol. The summed E-state index contributed by atoms with van der Waals surface area (Å²) in [5.74, 6) is -0.463. The zero-order chi connectivity index (χ0) is 16.8. The summed E-state index contributed by atoms with van der Waals surface area (Å²) in [4.78, 5) is 24.1. The second kappa shape index (κ2) is 7.45. The van der Waals surface area contributed by atoms with E-state index in [-0.39, 0.29) is 6.61 Å². The Morgan fingerprint density at radius 3 is 2.30 bits per heavy atom. The molecule has 0 heterocycles. The number of anilines is 2. The zero-order valence-corrected chi connectivity index (χ0v) is 13.5. The van der Waals surface area contributed by atoms with Gasteiger partial charge in [0.05, 0.1) is 17.9 Å². The van der Waals surface area contributed by atoms with E-state index in [2.05, 4.69) is 10.6 Å². The number of carbonyl (C=O) groups is 2. The van der Waals surface area contributed by atoms with Gasteiger partial charge < -0.3 is 15.4 Å². The van der Waals surface area contributed by atoms with E-state index in [0.29, 0.717) is 16.9 Å². The number of rotatable bonds is 4. The van der Waals surface area contributed by atoms with E-state index in [1.165, 1.54) is 0 Å². The van der Waals surface area contributed by atoms with Crippen LogP contribution in [0.25, 0.3) is 0 Å². The van der Waals surface area contributed by atoms with Crippen LogP contribution in [0, 0.1) is 13.8 Å². The van der Waals surface area contributed by atoms with Crippen molar-refractivity contribution < 1.29 is 14.3 Å². The molecule has 5 nitrogen and oxygen atoms in total. The third-order valence-electron chi connectivity index (χ3n) is 3.15. The number of benzene rings is 2. The lowest BCUT2D eigenvalue weighted by atomic mass is 10.1. The lowest BCUT2D eigenvalue weighted by Crippen LogP contribution is -2.21. The molecule has 120 valence electrons. The van der Waals surface area contributed by atoms with E-state index in [1.807, 2.05) is 32.0 Å². The molecule has 5 heteroatoms. The van der Waals surface area contributed by atoms with Crippen molar-refractivity contribution in [2.24, 2.45) is 0 Å². The van der Waals surface area contributed by atoms with E-state index < -0.39 is 12.0 Å². The molecule has 0 aliphatic carbocycles. The van der Waals surface area contributed by atoms with Crippen molar-refractivity contribution in [2.75, 3.05) is 17.2 Å². The number of para-hydroxylation sites is 1. The summed E-state index contributed by atoms with van der Waals surface area (Å²) in [6.07, 6.45) is 0. The minimum atomic E-state index is -0.463. The van der Waals surface area contributed by atoms with Crippen molar-refractivity contribution in [2.45, 2.75) is 20.8 Å². The summed E-state index contributed by atoms with van der Waals surface area (Å²) in [7, 11) is 0. The van der Waals surface area contributed by atoms with Crippen LogP contribution in [0.5, 0.6) is 0 Å². The van der Waals surface area contributed by atoms with Crippen molar-refractivity contribution >= 4 is 23.4 Å². The van der Waals surface area contributed by atoms with E-state index >= 15 is 0 Å². The molecule has 2 rings (SSSR count). The summed E-state index contributed by atoms with van der Waals surface area (Å²) in [6.45, 7) is 5.95. The molecule has 0 unspecified atom stereocenters. The van der Waals surface area contributed by atoms with Crippen molar-refractivity contribution in [1.29, 1.82) is 0 Å². The van der Waals surface area contributed by atoms with Gasteiger partial charge in [-0.1, -0.05) is 18.2 Å². The number of hydrogen-bond acceptors (Lipinski definition) is 3. The smallest absolute Gasteiger partial charge is 0.340 e. The molecule has 0 aromatic heterocycles. The first-order valence-corrected chi connectivity index (χ1v) is 7.42. The summed E-state index contributed by atoms with van der Waals surface area (Å²) in [6, 6.07) is 12.1. The normalized spacial score (nSPS) is 10.0. The highest BCUT2D eigenvalue weighted by atomic mass is 16.5. The zero-order valence-electron chi connectivity index (χ0n) is 13.5. The van der Waals surface area contributed by atoms with E-state index in [4.69, 9.17) is 4.74 Å². The van der Waals surface area contributed by atoms with Crippen molar-refractivity contribution in [3.8, 4) is 0 Å². The number of esters is 1. The molecule has 0 aliphatic heterocycles. The van der Waals surface area contributed by atoms with Gasteiger partial charge in [0.1, 0.15) is 0 Å². The van der Waals surface area contributed by atoms with Crippen LogP contribution in [-0.4, -0.2) is 18.6 Å². The van der Waals surface area contributed by atoms with Gasteiger partial charge in [-0.3, -0.25) is 0 Å². The third-order valence-corrected chi connectivity index (χ3v) is 3.15. The summed E-state index contributed by atoms with van der Waals surface area (Å²) in [5, 5.41) is 5.45. The molecule has 23 heavy (non-hydrogen) atoms. The number of ether oxygens (including phenoxy) is 1. The van der Waals surface area contributed by atoms with Gasteiger partial charge in [0, 0.05) is 5.69 Å². The van der Waals surface area contributed by atoms with Gasteiger partial charge in [0.25, 0.3) is 0 Å². The van der Waals surface area contributed by atoms with Gasteiger partial charge >= 0.3 is 12.0 Å². The van der Waals surface area contributed by atoms with Gasteiger partial charge in [-0.15, -0.1) is 0 Å². The molecule has 0 saturated carbocycles. The number of carbonyl (C=O) groups excluding carboxylic acids is 2. The Kier molecular flexibility index (Phi) is 5.36. The molecule has 2 N–H and O–H groups in total. The second-order valence-electron chi connectivity index (χ2n) is 5.22.